The second-order valence-corrected chi connectivity index (χ2v) is 6.69. The lowest BCUT2D eigenvalue weighted by Crippen LogP contribution is -2.42. The van der Waals surface area contributed by atoms with E-state index in [2.05, 4.69) is 36.9 Å². The number of hydrogen-bond acceptors (Lipinski definition) is 3. The van der Waals surface area contributed by atoms with Crippen LogP contribution in [0.5, 0.6) is 11.5 Å². The van der Waals surface area contributed by atoms with E-state index < -0.39 is 6.10 Å². The first-order valence-corrected chi connectivity index (χ1v) is 7.84. The molecule has 1 aromatic carbocycles. The summed E-state index contributed by atoms with van der Waals surface area (Å²) in [4.78, 5) is 0. The molecule has 3 atom stereocenters. The third-order valence-corrected chi connectivity index (χ3v) is 5.32. The Hall–Kier alpha value is -1.81. The molecule has 2 heterocycles. The minimum atomic E-state index is -0.429. The number of ether oxygens (including phenoxy) is 2. The predicted octanol–water partition coefficient (Wildman–Crippen LogP) is 1.94. The van der Waals surface area contributed by atoms with Crippen molar-refractivity contribution in [1.29, 1.82) is 0 Å². The zero-order valence-electron chi connectivity index (χ0n) is 13.3. The normalized spacial score (nSPS) is 31.7. The van der Waals surface area contributed by atoms with Gasteiger partial charge in [-0.05, 0) is 18.6 Å². The Kier molecular flexibility index (Phi) is 2.89. The Morgan fingerprint density at radius 1 is 1.45 bits per heavy atom. The zero-order chi connectivity index (χ0) is 15.5. The molecular weight excluding hydrogens is 278 g/mol. The highest BCUT2D eigenvalue weighted by Gasteiger charge is 2.53. The number of aryl methyl sites for hydroxylation is 1. The van der Waals surface area contributed by atoms with Crippen molar-refractivity contribution >= 4 is 6.21 Å². The molecule has 0 saturated carbocycles. The molecule has 1 spiro atoms. The van der Waals surface area contributed by atoms with Gasteiger partial charge in [-0.3, -0.25) is 0 Å². The summed E-state index contributed by atoms with van der Waals surface area (Å²) in [6.45, 7) is 3.02. The Balaban J connectivity index is 2.03. The number of nitrogens with zero attached hydrogens (tertiary/aromatic N) is 1. The van der Waals surface area contributed by atoms with Gasteiger partial charge in [0.2, 0.25) is 0 Å². The topological polar surface area (TPSA) is 41.7 Å². The van der Waals surface area contributed by atoms with Crippen LogP contribution < -0.4 is 9.47 Å². The van der Waals surface area contributed by atoms with Crippen molar-refractivity contribution in [3.63, 3.8) is 0 Å². The summed E-state index contributed by atoms with van der Waals surface area (Å²) in [5, 5.41) is 10.0. The van der Waals surface area contributed by atoms with E-state index in [0.29, 0.717) is 6.42 Å². The number of hydrogen-bond donors (Lipinski definition) is 1. The van der Waals surface area contributed by atoms with E-state index in [1.165, 1.54) is 16.7 Å². The minimum absolute atomic E-state index is 0.0281. The molecule has 0 fully saturated rings. The highest BCUT2D eigenvalue weighted by atomic mass is 16.5. The SMILES string of the molecule is COc1cc(C)c2c3c1OC1C[C@@H](O)C=CC31CC=[N+](C)C2. The van der Waals surface area contributed by atoms with Gasteiger partial charge in [-0.1, -0.05) is 12.2 Å². The van der Waals surface area contributed by atoms with Gasteiger partial charge in [-0.25, -0.2) is 4.58 Å². The maximum Gasteiger partial charge on any atom is 0.168 e. The molecule has 1 N–H and O–H groups in total. The molecule has 4 nitrogen and oxygen atoms in total. The molecule has 1 aliphatic carbocycles. The van der Waals surface area contributed by atoms with Crippen LogP contribution >= 0.6 is 0 Å². The maximum absolute atomic E-state index is 10.0. The van der Waals surface area contributed by atoms with Crippen LogP contribution in [0.25, 0.3) is 0 Å². The predicted molar refractivity (Wildman–Crippen MR) is 84.2 cm³/mol. The Bertz CT molecular complexity index is 707. The van der Waals surface area contributed by atoms with E-state index in [-0.39, 0.29) is 11.5 Å². The third-order valence-electron chi connectivity index (χ3n) is 5.32. The summed E-state index contributed by atoms with van der Waals surface area (Å²) in [5.74, 6) is 1.67. The summed E-state index contributed by atoms with van der Waals surface area (Å²) in [6.07, 6.45) is 7.40. The number of rotatable bonds is 1. The molecule has 0 radical (unpaired) electrons. The second-order valence-electron chi connectivity index (χ2n) is 6.69. The summed E-state index contributed by atoms with van der Waals surface area (Å²) < 4.78 is 14.1. The van der Waals surface area contributed by atoms with Crippen LogP contribution in [0.4, 0.5) is 0 Å². The van der Waals surface area contributed by atoms with Crippen molar-refractivity contribution in [3.05, 3.63) is 34.9 Å². The van der Waals surface area contributed by atoms with E-state index in [0.717, 1.165) is 24.5 Å². The first-order chi connectivity index (χ1) is 10.5. The van der Waals surface area contributed by atoms with Gasteiger partial charge in [0.25, 0.3) is 0 Å². The molecule has 4 rings (SSSR count). The van der Waals surface area contributed by atoms with Crippen molar-refractivity contribution in [2.24, 2.45) is 0 Å². The van der Waals surface area contributed by atoms with Crippen LogP contribution in [0.15, 0.2) is 18.2 Å². The average molecular weight is 300 g/mol. The van der Waals surface area contributed by atoms with Crippen LogP contribution in [-0.2, 0) is 12.0 Å². The molecule has 0 bridgehead atoms. The van der Waals surface area contributed by atoms with Gasteiger partial charge in [0.05, 0.1) is 18.6 Å². The molecule has 2 unspecified atom stereocenters. The molecular formula is C18H22NO3+. The molecule has 3 aliphatic rings. The van der Waals surface area contributed by atoms with Gasteiger partial charge < -0.3 is 14.6 Å². The van der Waals surface area contributed by atoms with Crippen molar-refractivity contribution in [1.82, 2.24) is 0 Å². The van der Waals surface area contributed by atoms with Crippen LogP contribution in [0.2, 0.25) is 0 Å². The van der Waals surface area contributed by atoms with Crippen molar-refractivity contribution < 1.29 is 19.2 Å². The van der Waals surface area contributed by atoms with Crippen LogP contribution in [0.1, 0.15) is 29.5 Å². The lowest BCUT2D eigenvalue weighted by atomic mass is 9.68. The van der Waals surface area contributed by atoms with Crippen LogP contribution in [-0.4, -0.2) is 42.3 Å². The Morgan fingerprint density at radius 2 is 2.27 bits per heavy atom. The fourth-order valence-electron chi connectivity index (χ4n) is 4.13. The van der Waals surface area contributed by atoms with Crippen molar-refractivity contribution in [2.45, 2.75) is 43.9 Å². The standard InChI is InChI=1S/C18H22NO3/c1-11-8-14(21-3)17-16-13(11)10-19(2)7-6-18(16)5-4-12(20)9-15(18)22-17/h4-5,7-8,12,15,20H,6,9-10H2,1-3H3/q+1/t12-,15?,18?/m0/s1. The molecule has 116 valence electrons. The molecule has 0 saturated heterocycles. The molecule has 0 amide bonds. The van der Waals surface area contributed by atoms with Gasteiger partial charge in [0.15, 0.2) is 18.0 Å². The molecule has 2 aliphatic heterocycles. The van der Waals surface area contributed by atoms with E-state index in [9.17, 15) is 5.11 Å². The van der Waals surface area contributed by atoms with E-state index >= 15 is 0 Å². The summed E-state index contributed by atoms with van der Waals surface area (Å²) in [7, 11) is 3.81. The second kappa shape index (κ2) is 4.59. The lowest BCUT2D eigenvalue weighted by molar-refractivity contribution is -0.510. The van der Waals surface area contributed by atoms with E-state index in [4.69, 9.17) is 9.47 Å². The quantitative estimate of drug-likeness (QED) is 0.636. The van der Waals surface area contributed by atoms with Crippen LogP contribution in [0, 0.1) is 6.92 Å². The van der Waals surface area contributed by atoms with E-state index in [1.54, 1.807) is 7.11 Å². The lowest BCUT2D eigenvalue weighted by Gasteiger charge is -2.34. The number of benzene rings is 1. The van der Waals surface area contributed by atoms with Crippen molar-refractivity contribution in [3.8, 4) is 11.5 Å². The van der Waals surface area contributed by atoms with Gasteiger partial charge in [0.1, 0.15) is 19.4 Å². The number of aliphatic hydroxyl groups excluding tert-OH is 1. The molecule has 4 heteroatoms. The first-order valence-electron chi connectivity index (χ1n) is 7.84. The zero-order valence-corrected chi connectivity index (χ0v) is 13.3. The molecule has 0 aromatic heterocycles. The third kappa shape index (κ3) is 1.70. The maximum atomic E-state index is 10.0. The summed E-state index contributed by atoms with van der Waals surface area (Å²) in [6, 6.07) is 2.07. The Morgan fingerprint density at radius 3 is 3.05 bits per heavy atom. The average Bonchev–Trinajstić information content (AvgIpc) is 2.74. The highest BCUT2D eigenvalue weighted by Crippen LogP contribution is 2.55. The smallest absolute Gasteiger partial charge is 0.168 e. The van der Waals surface area contributed by atoms with Crippen LogP contribution in [0.3, 0.4) is 0 Å². The number of methoxy groups -OCH3 is 1. The number of aliphatic hydroxyl groups is 1. The van der Waals surface area contributed by atoms with Gasteiger partial charge >= 0.3 is 0 Å². The van der Waals surface area contributed by atoms with Gasteiger partial charge in [-0.15, -0.1) is 0 Å². The van der Waals surface area contributed by atoms with Gasteiger partial charge in [0, 0.05) is 24.0 Å². The highest BCUT2D eigenvalue weighted by molar-refractivity contribution is 5.68. The monoisotopic (exact) mass is 300 g/mol. The summed E-state index contributed by atoms with van der Waals surface area (Å²) >= 11 is 0. The largest absolute Gasteiger partial charge is 0.493 e. The van der Waals surface area contributed by atoms with E-state index in [1.807, 2.05) is 6.08 Å². The Labute approximate surface area is 130 Å². The fraction of sp³-hybridized carbons (Fsp3) is 0.500. The molecule has 22 heavy (non-hydrogen) atoms. The van der Waals surface area contributed by atoms with Gasteiger partial charge in [-0.2, -0.15) is 0 Å². The van der Waals surface area contributed by atoms with Crippen molar-refractivity contribution in [2.75, 3.05) is 14.2 Å². The minimum Gasteiger partial charge on any atom is -0.493 e. The summed E-state index contributed by atoms with van der Waals surface area (Å²) in [5.41, 5.74) is 3.66. The first kappa shape index (κ1) is 13.8. The molecule has 1 aromatic rings. The fourth-order valence-corrected chi connectivity index (χ4v) is 4.13.